The number of halogens is 1. The van der Waals surface area contributed by atoms with Crippen LogP contribution in [0, 0.1) is 0 Å². The molecule has 3 aromatic rings. The summed E-state index contributed by atoms with van der Waals surface area (Å²) in [7, 11) is 0. The first-order chi connectivity index (χ1) is 12.7. The quantitative estimate of drug-likeness (QED) is 0.594. The van der Waals surface area contributed by atoms with Crippen molar-refractivity contribution in [2.75, 3.05) is 18.1 Å². The van der Waals surface area contributed by atoms with E-state index in [1.807, 2.05) is 23.9 Å². The van der Waals surface area contributed by atoms with E-state index in [4.69, 9.17) is 11.6 Å². The zero-order valence-corrected chi connectivity index (χ0v) is 16.1. The number of thioether (sulfide) groups is 1. The molecule has 0 aliphatic rings. The van der Waals surface area contributed by atoms with Crippen LogP contribution in [0.25, 0.3) is 16.9 Å². The summed E-state index contributed by atoms with van der Waals surface area (Å²) in [6.07, 6.45) is 3.81. The van der Waals surface area contributed by atoms with Gasteiger partial charge in [-0.3, -0.25) is 4.79 Å². The number of hydrogen-bond donors (Lipinski definition) is 1. The van der Waals surface area contributed by atoms with E-state index >= 15 is 0 Å². The summed E-state index contributed by atoms with van der Waals surface area (Å²) in [6, 6.07) is 8.85. The summed E-state index contributed by atoms with van der Waals surface area (Å²) in [4.78, 5) is 16.6. The lowest BCUT2D eigenvalue weighted by molar-refractivity contribution is 0.0954. The molecule has 0 saturated carbocycles. The Balaban J connectivity index is 1.67. The first-order valence-electron chi connectivity index (χ1n) is 8.53. The van der Waals surface area contributed by atoms with Crippen LogP contribution in [-0.4, -0.2) is 43.9 Å². The lowest BCUT2D eigenvalue weighted by Crippen LogP contribution is -2.25. The molecular weight excluding hydrogens is 370 g/mol. The SMILES string of the molecule is CCCSCCCNC(=O)c1ccc(-n2nnc3cccnc32)cc1Cl. The molecule has 0 aliphatic heterocycles. The largest absolute Gasteiger partial charge is 0.352 e. The predicted octanol–water partition coefficient (Wildman–Crippen LogP) is 3.73. The number of carbonyl (C=O) groups is 1. The maximum absolute atomic E-state index is 12.3. The maximum atomic E-state index is 12.3. The molecule has 0 aliphatic carbocycles. The number of nitrogens with one attached hydrogen (secondary N) is 1. The van der Waals surface area contributed by atoms with Crippen molar-refractivity contribution in [3.63, 3.8) is 0 Å². The Hall–Kier alpha value is -2.12. The van der Waals surface area contributed by atoms with Gasteiger partial charge in [0.2, 0.25) is 0 Å². The third kappa shape index (κ3) is 4.34. The van der Waals surface area contributed by atoms with Crippen molar-refractivity contribution in [1.82, 2.24) is 25.3 Å². The Morgan fingerprint density at radius 2 is 2.19 bits per heavy atom. The standard InChI is InChI=1S/C18H20ClN5OS/c1-2-10-26-11-4-9-21-18(25)14-7-6-13(12-15(14)19)24-17-16(22-23-24)5-3-8-20-17/h3,5-8,12H,2,4,9-11H2,1H3,(H,21,25). The zero-order chi connectivity index (χ0) is 18.4. The molecule has 1 N–H and O–H groups in total. The van der Waals surface area contributed by atoms with E-state index in [1.165, 1.54) is 6.42 Å². The third-order valence-corrected chi connectivity index (χ3v) is 5.34. The normalized spacial score (nSPS) is 11.0. The van der Waals surface area contributed by atoms with Crippen molar-refractivity contribution in [2.24, 2.45) is 0 Å². The van der Waals surface area contributed by atoms with Gasteiger partial charge in [0.05, 0.1) is 16.3 Å². The van der Waals surface area contributed by atoms with E-state index < -0.39 is 0 Å². The van der Waals surface area contributed by atoms with Gasteiger partial charge in [0, 0.05) is 12.7 Å². The van der Waals surface area contributed by atoms with E-state index in [-0.39, 0.29) is 5.91 Å². The van der Waals surface area contributed by atoms with Gasteiger partial charge >= 0.3 is 0 Å². The van der Waals surface area contributed by atoms with Crippen LogP contribution in [-0.2, 0) is 0 Å². The van der Waals surface area contributed by atoms with Gasteiger partial charge in [-0.2, -0.15) is 16.4 Å². The minimum Gasteiger partial charge on any atom is -0.352 e. The summed E-state index contributed by atoms with van der Waals surface area (Å²) >= 11 is 8.23. The molecule has 0 radical (unpaired) electrons. The molecule has 0 saturated heterocycles. The van der Waals surface area contributed by atoms with Crippen LogP contribution in [0.4, 0.5) is 0 Å². The Morgan fingerprint density at radius 1 is 1.31 bits per heavy atom. The average Bonchev–Trinajstić information content (AvgIpc) is 3.08. The highest BCUT2D eigenvalue weighted by Crippen LogP contribution is 2.22. The summed E-state index contributed by atoms with van der Waals surface area (Å²) in [6.45, 7) is 2.81. The Morgan fingerprint density at radius 3 is 3.00 bits per heavy atom. The molecule has 0 unspecified atom stereocenters. The highest BCUT2D eigenvalue weighted by molar-refractivity contribution is 7.99. The maximum Gasteiger partial charge on any atom is 0.252 e. The second kappa shape index (κ2) is 9.00. The fourth-order valence-electron chi connectivity index (χ4n) is 2.48. The van der Waals surface area contributed by atoms with Crippen molar-refractivity contribution in [3.8, 4) is 5.69 Å². The first-order valence-corrected chi connectivity index (χ1v) is 10.1. The number of fused-ring (bicyclic) bond motifs is 1. The van der Waals surface area contributed by atoms with Crippen molar-refractivity contribution in [1.29, 1.82) is 0 Å². The van der Waals surface area contributed by atoms with Crippen LogP contribution in [0.1, 0.15) is 30.1 Å². The van der Waals surface area contributed by atoms with E-state index in [2.05, 4.69) is 27.5 Å². The van der Waals surface area contributed by atoms with Gasteiger partial charge in [-0.1, -0.05) is 23.7 Å². The molecule has 0 atom stereocenters. The minimum absolute atomic E-state index is 0.163. The number of aromatic nitrogens is 4. The molecule has 3 rings (SSSR count). The predicted molar refractivity (Wildman–Crippen MR) is 106 cm³/mol. The molecule has 136 valence electrons. The van der Waals surface area contributed by atoms with Crippen molar-refractivity contribution < 1.29 is 4.79 Å². The van der Waals surface area contributed by atoms with Crippen LogP contribution >= 0.6 is 23.4 Å². The molecule has 1 aromatic carbocycles. The molecule has 0 bridgehead atoms. The molecule has 1 amide bonds. The topological polar surface area (TPSA) is 72.7 Å². The number of nitrogens with zero attached hydrogens (tertiary/aromatic N) is 4. The molecule has 2 heterocycles. The second-order valence-electron chi connectivity index (χ2n) is 5.73. The Bertz CT molecular complexity index is 898. The lowest BCUT2D eigenvalue weighted by Gasteiger charge is -2.08. The molecule has 0 fully saturated rings. The van der Waals surface area contributed by atoms with Crippen molar-refractivity contribution in [3.05, 3.63) is 47.1 Å². The second-order valence-corrected chi connectivity index (χ2v) is 7.37. The molecule has 26 heavy (non-hydrogen) atoms. The van der Waals surface area contributed by atoms with Gasteiger partial charge in [0.1, 0.15) is 5.52 Å². The summed E-state index contributed by atoms with van der Waals surface area (Å²) in [5, 5.41) is 11.5. The van der Waals surface area contributed by atoms with Crippen LogP contribution in [0.15, 0.2) is 36.5 Å². The van der Waals surface area contributed by atoms with Crippen LogP contribution in [0.3, 0.4) is 0 Å². The molecular formula is C18H20ClN5OS. The number of carbonyl (C=O) groups excluding carboxylic acids is 1. The van der Waals surface area contributed by atoms with Gasteiger partial charge in [0.15, 0.2) is 5.65 Å². The van der Waals surface area contributed by atoms with E-state index in [9.17, 15) is 4.79 Å². The molecule has 8 heteroatoms. The minimum atomic E-state index is -0.163. The van der Waals surface area contributed by atoms with Gasteiger partial charge in [0.25, 0.3) is 5.91 Å². The highest BCUT2D eigenvalue weighted by Gasteiger charge is 2.13. The number of pyridine rings is 1. The van der Waals surface area contributed by atoms with E-state index in [0.717, 1.165) is 17.9 Å². The smallest absolute Gasteiger partial charge is 0.252 e. The number of hydrogen-bond acceptors (Lipinski definition) is 5. The fraction of sp³-hybridized carbons (Fsp3) is 0.333. The average molecular weight is 390 g/mol. The first kappa shape index (κ1) is 18.7. The fourth-order valence-corrected chi connectivity index (χ4v) is 3.58. The summed E-state index contributed by atoms with van der Waals surface area (Å²) < 4.78 is 1.61. The Labute approximate surface area is 161 Å². The number of amides is 1. The molecule has 6 nitrogen and oxygen atoms in total. The Kier molecular flexibility index (Phi) is 6.46. The zero-order valence-electron chi connectivity index (χ0n) is 14.5. The van der Waals surface area contributed by atoms with Gasteiger partial charge in [-0.15, -0.1) is 5.10 Å². The van der Waals surface area contributed by atoms with Gasteiger partial charge in [-0.05, 0) is 54.7 Å². The van der Waals surface area contributed by atoms with E-state index in [0.29, 0.717) is 34.0 Å². The summed E-state index contributed by atoms with van der Waals surface area (Å²) in [5.41, 5.74) is 2.51. The van der Waals surface area contributed by atoms with Crippen LogP contribution in [0.5, 0.6) is 0 Å². The van der Waals surface area contributed by atoms with Crippen LogP contribution in [0.2, 0.25) is 5.02 Å². The highest BCUT2D eigenvalue weighted by atomic mass is 35.5. The molecule has 2 aromatic heterocycles. The van der Waals surface area contributed by atoms with Gasteiger partial charge in [-0.25, -0.2) is 4.98 Å². The monoisotopic (exact) mass is 389 g/mol. The van der Waals surface area contributed by atoms with Crippen LogP contribution < -0.4 is 5.32 Å². The third-order valence-electron chi connectivity index (χ3n) is 3.75. The molecule has 0 spiro atoms. The van der Waals surface area contributed by atoms with Crippen molar-refractivity contribution >= 4 is 40.4 Å². The summed E-state index contributed by atoms with van der Waals surface area (Å²) in [5.74, 6) is 2.05. The van der Waals surface area contributed by atoms with Crippen molar-refractivity contribution in [2.45, 2.75) is 19.8 Å². The number of rotatable bonds is 8. The lowest BCUT2D eigenvalue weighted by atomic mass is 10.2. The van der Waals surface area contributed by atoms with Gasteiger partial charge < -0.3 is 5.32 Å². The van der Waals surface area contributed by atoms with E-state index in [1.54, 1.807) is 29.1 Å². The number of benzene rings is 1.